The van der Waals surface area contributed by atoms with Crippen LogP contribution < -0.4 is 5.32 Å². The van der Waals surface area contributed by atoms with Crippen molar-refractivity contribution in [2.24, 2.45) is 0 Å². The highest BCUT2D eigenvalue weighted by atomic mass is 35.5. The summed E-state index contributed by atoms with van der Waals surface area (Å²) >= 11 is 6.35. The van der Waals surface area contributed by atoms with Gasteiger partial charge in [-0.2, -0.15) is 0 Å². The van der Waals surface area contributed by atoms with E-state index < -0.39 is 5.91 Å². The predicted molar refractivity (Wildman–Crippen MR) is 105 cm³/mol. The normalized spacial score (nSPS) is 14.1. The zero-order valence-electron chi connectivity index (χ0n) is 15.9. The molecule has 0 radical (unpaired) electrons. The smallest absolute Gasteiger partial charge is 0.270 e. The van der Waals surface area contributed by atoms with E-state index in [-0.39, 0.29) is 37.3 Å². The first kappa shape index (κ1) is 20.2. The van der Waals surface area contributed by atoms with Crippen molar-refractivity contribution in [2.45, 2.75) is 39.3 Å². The summed E-state index contributed by atoms with van der Waals surface area (Å²) in [7, 11) is 0. The van der Waals surface area contributed by atoms with Gasteiger partial charge in [-0.25, -0.2) is 0 Å². The number of fused-ring (bicyclic) bond motifs is 1. The summed E-state index contributed by atoms with van der Waals surface area (Å²) < 4.78 is 0. The minimum absolute atomic E-state index is 0.131. The van der Waals surface area contributed by atoms with E-state index in [1.54, 1.807) is 17.2 Å². The van der Waals surface area contributed by atoms with Gasteiger partial charge in [-0.15, -0.1) is 0 Å². The highest BCUT2D eigenvalue weighted by Crippen LogP contribution is 2.33. The number of aryl methyl sites for hydroxylation is 1. The number of aliphatic hydroxyl groups is 1. The van der Waals surface area contributed by atoms with Gasteiger partial charge in [0.1, 0.15) is 5.69 Å². The highest BCUT2D eigenvalue weighted by Gasteiger charge is 2.35. The maximum atomic E-state index is 12.9. The maximum absolute atomic E-state index is 12.9. The Labute approximate surface area is 168 Å². The second-order valence-electron chi connectivity index (χ2n) is 6.72. The van der Waals surface area contributed by atoms with E-state index in [0.717, 1.165) is 24.1 Å². The van der Waals surface area contributed by atoms with Crippen LogP contribution in [0.3, 0.4) is 0 Å². The largest absolute Gasteiger partial charge is 0.395 e. The molecule has 0 aliphatic carbocycles. The number of aliphatic hydroxyl groups excluding tert-OH is 1. The van der Waals surface area contributed by atoms with Gasteiger partial charge < -0.3 is 15.3 Å². The number of hydrogen-bond donors (Lipinski definition) is 2. The SMILES string of the molecule is CCCc1ncc(C(C)N2Cc3c(ccnc3C(=O)NCCO)C2=O)cc1Cl. The number of carbonyl (C=O) groups is 2. The number of amides is 2. The van der Waals surface area contributed by atoms with Crippen molar-refractivity contribution in [3.05, 3.63) is 57.6 Å². The van der Waals surface area contributed by atoms with Crippen LogP contribution in [0, 0.1) is 0 Å². The first-order chi connectivity index (χ1) is 13.5. The molecule has 0 bridgehead atoms. The van der Waals surface area contributed by atoms with Crippen LogP contribution >= 0.6 is 11.6 Å². The number of nitrogens with one attached hydrogen (secondary N) is 1. The maximum Gasteiger partial charge on any atom is 0.270 e. The molecule has 2 aromatic rings. The van der Waals surface area contributed by atoms with Crippen LogP contribution in [0.4, 0.5) is 0 Å². The van der Waals surface area contributed by atoms with E-state index in [9.17, 15) is 9.59 Å². The standard InChI is InChI=1S/C20H23ClN4O3/c1-3-4-17-16(21)9-13(10-24-17)12(2)25-11-15-14(20(25)28)5-6-22-18(15)19(27)23-7-8-26/h5-6,9-10,12,26H,3-4,7-8,11H2,1-2H3,(H,23,27). The molecule has 1 aliphatic heterocycles. The van der Waals surface area contributed by atoms with Crippen LogP contribution in [0.25, 0.3) is 0 Å². The molecule has 7 nitrogen and oxygen atoms in total. The van der Waals surface area contributed by atoms with Crippen molar-refractivity contribution in [1.29, 1.82) is 0 Å². The van der Waals surface area contributed by atoms with Gasteiger partial charge in [-0.1, -0.05) is 24.9 Å². The third-order valence-electron chi connectivity index (χ3n) is 4.86. The van der Waals surface area contributed by atoms with E-state index in [0.29, 0.717) is 16.1 Å². The Bertz CT molecular complexity index is 903. The molecule has 0 spiro atoms. The topological polar surface area (TPSA) is 95.4 Å². The average Bonchev–Trinajstić information content (AvgIpc) is 3.04. The molecule has 3 rings (SSSR count). The van der Waals surface area contributed by atoms with Crippen LogP contribution in [-0.2, 0) is 13.0 Å². The lowest BCUT2D eigenvalue weighted by Crippen LogP contribution is -2.29. The molecule has 2 amide bonds. The molecule has 1 aliphatic rings. The minimum atomic E-state index is -0.401. The van der Waals surface area contributed by atoms with Crippen molar-refractivity contribution in [3.63, 3.8) is 0 Å². The molecule has 2 N–H and O–H groups in total. The molecular weight excluding hydrogens is 380 g/mol. The summed E-state index contributed by atoms with van der Waals surface area (Å²) in [6.07, 6.45) is 4.97. The number of aromatic nitrogens is 2. The molecule has 8 heteroatoms. The molecule has 1 unspecified atom stereocenters. The zero-order valence-corrected chi connectivity index (χ0v) is 16.7. The van der Waals surface area contributed by atoms with Gasteiger partial charge in [0.05, 0.1) is 23.4 Å². The van der Waals surface area contributed by atoms with Gasteiger partial charge in [0.25, 0.3) is 11.8 Å². The summed E-state index contributed by atoms with van der Waals surface area (Å²) in [6.45, 7) is 4.23. The molecule has 2 aromatic heterocycles. The third-order valence-corrected chi connectivity index (χ3v) is 5.19. The number of hydrogen-bond acceptors (Lipinski definition) is 5. The monoisotopic (exact) mass is 402 g/mol. The Balaban J connectivity index is 1.85. The predicted octanol–water partition coefficient (Wildman–Crippen LogP) is 2.52. The summed E-state index contributed by atoms with van der Waals surface area (Å²) in [5.74, 6) is -0.559. The molecular formula is C20H23ClN4O3. The van der Waals surface area contributed by atoms with E-state index in [2.05, 4.69) is 22.2 Å². The fourth-order valence-corrected chi connectivity index (χ4v) is 3.59. The van der Waals surface area contributed by atoms with Crippen molar-refractivity contribution < 1.29 is 14.7 Å². The van der Waals surface area contributed by atoms with Crippen LogP contribution in [0.5, 0.6) is 0 Å². The van der Waals surface area contributed by atoms with Crippen LogP contribution in [0.2, 0.25) is 5.02 Å². The molecule has 0 fully saturated rings. The molecule has 3 heterocycles. The Morgan fingerprint density at radius 3 is 2.89 bits per heavy atom. The van der Waals surface area contributed by atoms with Crippen molar-refractivity contribution >= 4 is 23.4 Å². The fourth-order valence-electron chi connectivity index (χ4n) is 3.32. The first-order valence-corrected chi connectivity index (χ1v) is 9.67. The summed E-state index contributed by atoms with van der Waals surface area (Å²) in [5.41, 5.74) is 2.96. The van der Waals surface area contributed by atoms with E-state index in [1.165, 1.54) is 6.20 Å². The molecule has 28 heavy (non-hydrogen) atoms. The van der Waals surface area contributed by atoms with Crippen molar-refractivity contribution in [3.8, 4) is 0 Å². The summed E-state index contributed by atoms with van der Waals surface area (Å²) in [5, 5.41) is 12.1. The highest BCUT2D eigenvalue weighted by molar-refractivity contribution is 6.31. The van der Waals surface area contributed by atoms with Crippen LogP contribution in [0.1, 0.15) is 64.0 Å². The van der Waals surface area contributed by atoms with Gasteiger partial charge in [0.2, 0.25) is 0 Å². The Morgan fingerprint density at radius 1 is 1.43 bits per heavy atom. The summed E-state index contributed by atoms with van der Waals surface area (Å²) in [6, 6.07) is 3.23. The number of rotatable bonds is 7. The zero-order chi connectivity index (χ0) is 20.3. The second-order valence-corrected chi connectivity index (χ2v) is 7.13. The fraction of sp³-hybridized carbons (Fsp3) is 0.400. The Morgan fingerprint density at radius 2 is 2.21 bits per heavy atom. The molecule has 0 saturated heterocycles. The molecule has 1 atom stereocenters. The van der Waals surface area contributed by atoms with E-state index in [4.69, 9.17) is 16.7 Å². The van der Waals surface area contributed by atoms with E-state index in [1.807, 2.05) is 13.0 Å². The van der Waals surface area contributed by atoms with Gasteiger partial charge in [0, 0.05) is 36.6 Å². The minimum Gasteiger partial charge on any atom is -0.395 e. The Hall–Kier alpha value is -2.51. The number of halogens is 1. The van der Waals surface area contributed by atoms with Gasteiger partial charge >= 0.3 is 0 Å². The van der Waals surface area contributed by atoms with Crippen molar-refractivity contribution in [1.82, 2.24) is 20.2 Å². The number of carbonyl (C=O) groups excluding carboxylic acids is 2. The quantitative estimate of drug-likeness (QED) is 0.741. The lowest BCUT2D eigenvalue weighted by Gasteiger charge is -2.25. The lowest BCUT2D eigenvalue weighted by molar-refractivity contribution is 0.0714. The van der Waals surface area contributed by atoms with E-state index >= 15 is 0 Å². The van der Waals surface area contributed by atoms with Crippen LogP contribution in [0.15, 0.2) is 24.5 Å². The first-order valence-electron chi connectivity index (χ1n) is 9.30. The third kappa shape index (κ3) is 3.86. The summed E-state index contributed by atoms with van der Waals surface area (Å²) in [4.78, 5) is 35.5. The number of pyridine rings is 2. The van der Waals surface area contributed by atoms with Crippen LogP contribution in [-0.4, -0.2) is 44.9 Å². The van der Waals surface area contributed by atoms with Gasteiger partial charge in [-0.3, -0.25) is 19.6 Å². The molecule has 148 valence electrons. The second kappa shape index (κ2) is 8.67. The van der Waals surface area contributed by atoms with Crippen molar-refractivity contribution in [2.75, 3.05) is 13.2 Å². The van der Waals surface area contributed by atoms with Gasteiger partial charge in [-0.05, 0) is 31.0 Å². The molecule has 0 aromatic carbocycles. The lowest BCUT2D eigenvalue weighted by atomic mass is 10.1. The molecule has 0 saturated carbocycles. The number of nitrogens with zero attached hydrogens (tertiary/aromatic N) is 3. The Kier molecular flexibility index (Phi) is 6.26. The van der Waals surface area contributed by atoms with Gasteiger partial charge in [0.15, 0.2) is 0 Å². The average molecular weight is 403 g/mol.